The van der Waals surface area contributed by atoms with Crippen LogP contribution >= 0.6 is 0 Å². The molecule has 0 spiro atoms. The van der Waals surface area contributed by atoms with E-state index in [2.05, 4.69) is 75.1 Å². The number of aromatic amines is 1. The van der Waals surface area contributed by atoms with Gasteiger partial charge in [-0.2, -0.15) is 5.10 Å². The van der Waals surface area contributed by atoms with Crippen LogP contribution < -0.4 is 5.32 Å². The normalized spacial score (nSPS) is 10.7. The molecule has 4 nitrogen and oxygen atoms in total. The highest BCUT2D eigenvalue weighted by Gasteiger charge is 2.08. The van der Waals surface area contributed by atoms with Crippen molar-refractivity contribution in [2.24, 2.45) is 0 Å². The Labute approximate surface area is 175 Å². The lowest BCUT2D eigenvalue weighted by Gasteiger charge is -2.12. The van der Waals surface area contributed by atoms with Gasteiger partial charge in [0.1, 0.15) is 0 Å². The van der Waals surface area contributed by atoms with Crippen molar-refractivity contribution in [3.63, 3.8) is 0 Å². The smallest absolute Gasteiger partial charge is 0.181 e. The third-order valence-electron chi connectivity index (χ3n) is 4.97. The average molecular weight is 388 g/mol. The van der Waals surface area contributed by atoms with E-state index in [-0.39, 0.29) is 0 Å². The van der Waals surface area contributed by atoms with Crippen LogP contribution in [0.25, 0.3) is 33.9 Å². The van der Waals surface area contributed by atoms with Crippen LogP contribution in [0.4, 0.5) is 11.4 Å². The largest absolute Gasteiger partial charge is 0.355 e. The summed E-state index contributed by atoms with van der Waals surface area (Å²) in [6, 6.07) is 36.9. The molecule has 0 saturated heterocycles. The Bertz CT molecular complexity index is 1240. The van der Waals surface area contributed by atoms with Gasteiger partial charge in [0.25, 0.3) is 0 Å². The number of rotatable bonds is 5. The predicted molar refractivity (Wildman–Crippen MR) is 122 cm³/mol. The van der Waals surface area contributed by atoms with Gasteiger partial charge in [0, 0.05) is 28.1 Å². The lowest BCUT2D eigenvalue weighted by atomic mass is 10.0. The van der Waals surface area contributed by atoms with Crippen LogP contribution in [-0.4, -0.2) is 15.2 Å². The van der Waals surface area contributed by atoms with Crippen molar-refractivity contribution in [1.82, 2.24) is 15.2 Å². The Morgan fingerprint density at radius 1 is 0.567 bits per heavy atom. The quantitative estimate of drug-likeness (QED) is 0.359. The number of aromatic nitrogens is 3. The zero-order valence-corrected chi connectivity index (χ0v) is 16.3. The molecule has 4 aromatic carbocycles. The highest BCUT2D eigenvalue weighted by molar-refractivity contribution is 5.81. The van der Waals surface area contributed by atoms with Crippen molar-refractivity contribution in [1.29, 1.82) is 0 Å². The second-order valence-corrected chi connectivity index (χ2v) is 6.99. The summed E-state index contributed by atoms with van der Waals surface area (Å²) < 4.78 is 0. The van der Waals surface area contributed by atoms with Crippen molar-refractivity contribution in [2.45, 2.75) is 0 Å². The highest BCUT2D eigenvalue weighted by atomic mass is 15.2. The third kappa shape index (κ3) is 3.71. The molecule has 4 heteroatoms. The molecule has 0 fully saturated rings. The van der Waals surface area contributed by atoms with Crippen LogP contribution in [0.2, 0.25) is 0 Å². The Morgan fingerprint density at radius 2 is 1.20 bits per heavy atom. The molecule has 0 saturated carbocycles. The van der Waals surface area contributed by atoms with E-state index in [1.54, 1.807) is 0 Å². The second kappa shape index (κ2) is 8.05. The van der Waals surface area contributed by atoms with E-state index in [0.29, 0.717) is 5.82 Å². The van der Waals surface area contributed by atoms with Crippen LogP contribution in [0.3, 0.4) is 0 Å². The van der Waals surface area contributed by atoms with Crippen molar-refractivity contribution < 1.29 is 0 Å². The highest BCUT2D eigenvalue weighted by Crippen LogP contribution is 2.30. The van der Waals surface area contributed by atoms with Gasteiger partial charge >= 0.3 is 0 Å². The van der Waals surface area contributed by atoms with Crippen LogP contribution in [0.5, 0.6) is 0 Å². The first-order valence-corrected chi connectivity index (χ1v) is 9.86. The summed E-state index contributed by atoms with van der Waals surface area (Å²) in [5.41, 5.74) is 6.44. The molecule has 0 atom stereocenters. The topological polar surface area (TPSA) is 53.6 Å². The first-order chi connectivity index (χ1) is 14.9. The van der Waals surface area contributed by atoms with Gasteiger partial charge in [-0.25, -0.2) is 4.98 Å². The third-order valence-corrected chi connectivity index (χ3v) is 4.97. The molecule has 2 N–H and O–H groups in total. The first kappa shape index (κ1) is 17.9. The predicted octanol–water partition coefficient (Wildman–Crippen LogP) is 6.55. The molecule has 0 amide bonds. The summed E-state index contributed by atoms with van der Waals surface area (Å²) >= 11 is 0. The fraction of sp³-hybridized carbons (Fsp3) is 0. The van der Waals surface area contributed by atoms with Gasteiger partial charge in [0.15, 0.2) is 11.6 Å². The van der Waals surface area contributed by atoms with Gasteiger partial charge in [-0.15, -0.1) is 0 Å². The molecule has 0 unspecified atom stereocenters. The van der Waals surface area contributed by atoms with E-state index in [1.165, 1.54) is 11.1 Å². The Hall–Kier alpha value is -4.18. The van der Waals surface area contributed by atoms with E-state index in [4.69, 9.17) is 0 Å². The molecule has 1 heterocycles. The molecule has 0 aliphatic carbocycles. The number of hydrogen-bond acceptors (Lipinski definition) is 3. The molecule has 1 aromatic heterocycles. The number of benzene rings is 4. The lowest BCUT2D eigenvalue weighted by molar-refractivity contribution is 1.10. The number of nitrogens with one attached hydrogen (secondary N) is 2. The fourth-order valence-electron chi connectivity index (χ4n) is 3.44. The minimum atomic E-state index is 0.699. The van der Waals surface area contributed by atoms with Gasteiger partial charge in [0.2, 0.25) is 0 Å². The molecule has 30 heavy (non-hydrogen) atoms. The second-order valence-electron chi connectivity index (χ2n) is 6.99. The molecular weight excluding hydrogens is 368 g/mol. The average Bonchev–Trinajstić information content (AvgIpc) is 3.32. The van der Waals surface area contributed by atoms with Gasteiger partial charge in [-0.05, 0) is 35.9 Å². The number of hydrogen-bond donors (Lipinski definition) is 2. The van der Waals surface area contributed by atoms with Crippen LogP contribution in [-0.2, 0) is 0 Å². The van der Waals surface area contributed by atoms with Gasteiger partial charge in [-0.3, -0.25) is 5.10 Å². The molecule has 0 aliphatic rings. The zero-order chi connectivity index (χ0) is 20.2. The summed E-state index contributed by atoms with van der Waals surface area (Å²) in [4.78, 5) is 4.63. The van der Waals surface area contributed by atoms with E-state index < -0.39 is 0 Å². The minimum Gasteiger partial charge on any atom is -0.355 e. The van der Waals surface area contributed by atoms with Crippen molar-refractivity contribution in [2.75, 3.05) is 5.32 Å². The monoisotopic (exact) mass is 388 g/mol. The molecular formula is C26H20N4. The SMILES string of the molecule is c1ccc(-c2n[nH]c(-c3ccc(Nc4ccccc4-c4ccccc4)cc3)n2)cc1. The van der Waals surface area contributed by atoms with E-state index >= 15 is 0 Å². The van der Waals surface area contributed by atoms with Gasteiger partial charge in [-0.1, -0.05) is 78.9 Å². The van der Waals surface area contributed by atoms with E-state index in [1.807, 2.05) is 54.6 Å². The Kier molecular flexibility index (Phi) is 4.80. The molecule has 5 rings (SSSR count). The summed E-state index contributed by atoms with van der Waals surface area (Å²) in [7, 11) is 0. The van der Waals surface area contributed by atoms with Gasteiger partial charge < -0.3 is 5.32 Å². The summed E-state index contributed by atoms with van der Waals surface area (Å²) in [6.07, 6.45) is 0. The summed E-state index contributed by atoms with van der Waals surface area (Å²) in [5.74, 6) is 1.45. The zero-order valence-electron chi connectivity index (χ0n) is 16.3. The number of nitrogens with zero attached hydrogens (tertiary/aromatic N) is 2. The van der Waals surface area contributed by atoms with Crippen molar-refractivity contribution >= 4 is 11.4 Å². The molecule has 5 aromatic rings. The fourth-order valence-corrected chi connectivity index (χ4v) is 3.44. The van der Waals surface area contributed by atoms with E-state index in [0.717, 1.165) is 28.3 Å². The van der Waals surface area contributed by atoms with Crippen molar-refractivity contribution in [3.8, 4) is 33.9 Å². The standard InChI is InChI=1S/C26H20N4/c1-3-9-19(10-4-1)23-13-7-8-14-24(23)27-22-17-15-21(16-18-22)26-28-25(29-30-26)20-11-5-2-6-12-20/h1-18,27H,(H,28,29,30). The number of para-hydroxylation sites is 1. The first-order valence-electron chi connectivity index (χ1n) is 9.86. The summed E-state index contributed by atoms with van der Waals surface area (Å²) in [6.45, 7) is 0. The van der Waals surface area contributed by atoms with Gasteiger partial charge in [0.05, 0.1) is 0 Å². The molecule has 0 radical (unpaired) electrons. The maximum Gasteiger partial charge on any atom is 0.181 e. The van der Waals surface area contributed by atoms with Crippen LogP contribution in [0, 0.1) is 0 Å². The Morgan fingerprint density at radius 3 is 1.93 bits per heavy atom. The van der Waals surface area contributed by atoms with Crippen molar-refractivity contribution in [3.05, 3.63) is 109 Å². The summed E-state index contributed by atoms with van der Waals surface area (Å²) in [5, 5.41) is 10.9. The lowest BCUT2D eigenvalue weighted by Crippen LogP contribution is -1.93. The molecule has 144 valence electrons. The van der Waals surface area contributed by atoms with Crippen LogP contribution in [0.15, 0.2) is 109 Å². The van der Waals surface area contributed by atoms with E-state index in [9.17, 15) is 0 Å². The maximum absolute atomic E-state index is 4.63. The van der Waals surface area contributed by atoms with Crippen LogP contribution in [0.1, 0.15) is 0 Å². The molecule has 0 bridgehead atoms. The number of H-pyrrole nitrogens is 1. The maximum atomic E-state index is 4.63. The molecule has 0 aliphatic heterocycles. The number of anilines is 2. The Balaban J connectivity index is 1.38. The minimum absolute atomic E-state index is 0.699.